The zero-order valence-electron chi connectivity index (χ0n) is 15.8. The highest BCUT2D eigenvalue weighted by Crippen LogP contribution is 2.28. The Morgan fingerprint density at radius 2 is 1.59 bits per heavy atom. The summed E-state index contributed by atoms with van der Waals surface area (Å²) < 4.78 is 0. The molecule has 29 heavy (non-hydrogen) atoms. The quantitative estimate of drug-likeness (QED) is 0.152. The molecule has 1 aromatic heterocycles. The van der Waals surface area contributed by atoms with Gasteiger partial charge in [-0.2, -0.15) is 0 Å². The fourth-order valence-corrected chi connectivity index (χ4v) is 3.78. The molecule has 0 atom stereocenters. The molecule has 0 spiro atoms. The zero-order chi connectivity index (χ0) is 20.5. The number of aromatic nitrogens is 2. The van der Waals surface area contributed by atoms with Crippen molar-refractivity contribution >= 4 is 29.3 Å². The fraction of sp³-hybridized carbons (Fsp3) is 0.227. The van der Waals surface area contributed by atoms with E-state index < -0.39 is 0 Å². The molecule has 0 unspecified atom stereocenters. The van der Waals surface area contributed by atoms with E-state index in [-0.39, 0.29) is 5.91 Å². The molecule has 3 aromatic rings. The maximum atomic E-state index is 11.0. The van der Waals surface area contributed by atoms with Crippen molar-refractivity contribution in [3.63, 3.8) is 0 Å². The summed E-state index contributed by atoms with van der Waals surface area (Å²) in [6.07, 6.45) is 2.93. The second kappa shape index (κ2) is 11.0. The van der Waals surface area contributed by atoms with Crippen molar-refractivity contribution in [1.29, 1.82) is 0 Å². The van der Waals surface area contributed by atoms with Gasteiger partial charge in [0, 0.05) is 28.3 Å². The van der Waals surface area contributed by atoms with Gasteiger partial charge in [-0.05, 0) is 31.0 Å². The molecule has 3 rings (SSSR count). The van der Waals surface area contributed by atoms with Gasteiger partial charge in [0.1, 0.15) is 0 Å². The summed E-state index contributed by atoms with van der Waals surface area (Å²) in [5, 5.41) is 9.93. The van der Waals surface area contributed by atoms with Gasteiger partial charge < -0.3 is 0 Å². The van der Waals surface area contributed by atoms with Gasteiger partial charge in [-0.15, -0.1) is 0 Å². The van der Waals surface area contributed by atoms with Gasteiger partial charge in [-0.1, -0.05) is 72.2 Å². The lowest BCUT2D eigenvalue weighted by Crippen LogP contribution is -2.17. The van der Waals surface area contributed by atoms with Crippen molar-refractivity contribution in [2.24, 2.45) is 0 Å². The van der Waals surface area contributed by atoms with Crippen molar-refractivity contribution in [2.75, 3.05) is 5.75 Å². The average molecular weight is 428 g/mol. The Kier molecular flexibility index (Phi) is 8.04. The molecule has 150 valence electrons. The SMILES string of the molecule is O=C(CCCCCSc1nc(-c2ccccc2)cc(-c2ccc(Cl)cc2)n1)NO. The first-order valence-corrected chi connectivity index (χ1v) is 10.8. The predicted octanol–water partition coefficient (Wildman–Crippen LogP) is 5.62. The number of thioether (sulfide) groups is 1. The minimum absolute atomic E-state index is 0.335. The number of unbranched alkanes of at least 4 members (excludes halogenated alkanes) is 2. The molecular formula is C22H22ClN3O2S. The van der Waals surface area contributed by atoms with Crippen LogP contribution in [0.15, 0.2) is 65.8 Å². The lowest BCUT2D eigenvalue weighted by molar-refractivity contribution is -0.129. The minimum atomic E-state index is -0.343. The predicted molar refractivity (Wildman–Crippen MR) is 117 cm³/mol. The van der Waals surface area contributed by atoms with Crippen molar-refractivity contribution in [3.8, 4) is 22.5 Å². The van der Waals surface area contributed by atoms with E-state index in [4.69, 9.17) is 26.8 Å². The molecule has 5 nitrogen and oxygen atoms in total. The molecule has 7 heteroatoms. The standard InChI is InChI=1S/C22H22ClN3O2S/c23-18-12-10-17(11-13-18)20-15-19(16-7-3-1-4-8-16)24-22(25-20)29-14-6-2-5-9-21(27)26-28/h1,3-4,7-8,10-13,15,28H,2,5-6,9,14H2,(H,26,27). The van der Waals surface area contributed by atoms with E-state index in [1.807, 2.05) is 60.7 Å². The second-order valence-corrected chi connectivity index (χ2v) is 7.99. The van der Waals surface area contributed by atoms with Gasteiger partial charge in [-0.3, -0.25) is 10.0 Å². The summed E-state index contributed by atoms with van der Waals surface area (Å²) in [6, 6.07) is 19.7. The fourth-order valence-electron chi connectivity index (χ4n) is 2.80. The van der Waals surface area contributed by atoms with Gasteiger partial charge in [0.2, 0.25) is 5.91 Å². The molecule has 0 aliphatic heterocycles. The molecule has 0 radical (unpaired) electrons. The van der Waals surface area contributed by atoms with Crippen LogP contribution < -0.4 is 5.48 Å². The topological polar surface area (TPSA) is 75.1 Å². The van der Waals surface area contributed by atoms with Crippen LogP contribution in [0.5, 0.6) is 0 Å². The number of hydrogen-bond acceptors (Lipinski definition) is 5. The smallest absolute Gasteiger partial charge is 0.243 e. The Labute approximate surface area is 179 Å². The molecule has 0 saturated carbocycles. The highest BCUT2D eigenvalue weighted by atomic mass is 35.5. The molecule has 1 heterocycles. The van der Waals surface area contributed by atoms with E-state index in [0.29, 0.717) is 11.4 Å². The number of carbonyl (C=O) groups is 1. The molecule has 0 aliphatic rings. The maximum Gasteiger partial charge on any atom is 0.243 e. The van der Waals surface area contributed by atoms with Crippen LogP contribution in [0.25, 0.3) is 22.5 Å². The molecule has 0 bridgehead atoms. The molecule has 1 amide bonds. The number of nitrogens with zero attached hydrogens (tertiary/aromatic N) is 2. The number of benzene rings is 2. The highest BCUT2D eigenvalue weighted by molar-refractivity contribution is 7.99. The van der Waals surface area contributed by atoms with Crippen molar-refractivity contribution in [3.05, 3.63) is 65.7 Å². The van der Waals surface area contributed by atoms with Crippen LogP contribution in [-0.2, 0) is 4.79 Å². The first-order chi connectivity index (χ1) is 14.2. The molecule has 0 saturated heterocycles. The van der Waals surface area contributed by atoms with Gasteiger partial charge in [0.25, 0.3) is 0 Å². The van der Waals surface area contributed by atoms with Crippen LogP contribution in [0.4, 0.5) is 0 Å². The Morgan fingerprint density at radius 1 is 0.931 bits per heavy atom. The summed E-state index contributed by atoms with van der Waals surface area (Å²) in [7, 11) is 0. The van der Waals surface area contributed by atoms with E-state index in [1.165, 1.54) is 0 Å². The third-order valence-corrected chi connectivity index (χ3v) is 5.50. The van der Waals surface area contributed by atoms with Crippen LogP contribution in [0.3, 0.4) is 0 Å². The second-order valence-electron chi connectivity index (χ2n) is 6.49. The number of hydrogen-bond donors (Lipinski definition) is 2. The molecule has 2 aromatic carbocycles. The van der Waals surface area contributed by atoms with Crippen LogP contribution in [0, 0.1) is 0 Å². The van der Waals surface area contributed by atoms with E-state index >= 15 is 0 Å². The van der Waals surface area contributed by atoms with Gasteiger partial charge >= 0.3 is 0 Å². The third kappa shape index (κ3) is 6.56. The number of hydroxylamine groups is 1. The van der Waals surface area contributed by atoms with Gasteiger partial charge in [0.05, 0.1) is 11.4 Å². The number of rotatable bonds is 9. The summed E-state index contributed by atoms with van der Waals surface area (Å²) >= 11 is 7.63. The van der Waals surface area contributed by atoms with E-state index in [2.05, 4.69) is 0 Å². The molecule has 0 fully saturated rings. The number of halogens is 1. The van der Waals surface area contributed by atoms with Gasteiger partial charge in [0.15, 0.2) is 5.16 Å². The summed E-state index contributed by atoms with van der Waals surface area (Å²) in [6.45, 7) is 0. The van der Waals surface area contributed by atoms with E-state index in [9.17, 15) is 4.79 Å². The third-order valence-electron chi connectivity index (χ3n) is 4.32. The van der Waals surface area contributed by atoms with Crippen LogP contribution in [-0.4, -0.2) is 26.8 Å². The normalized spacial score (nSPS) is 10.7. The lowest BCUT2D eigenvalue weighted by atomic mass is 10.1. The van der Waals surface area contributed by atoms with Crippen molar-refractivity contribution < 1.29 is 10.0 Å². The number of nitrogens with one attached hydrogen (secondary N) is 1. The highest BCUT2D eigenvalue weighted by Gasteiger charge is 2.09. The van der Waals surface area contributed by atoms with Crippen LogP contribution in [0.1, 0.15) is 25.7 Å². The molecule has 0 aliphatic carbocycles. The number of amides is 1. The van der Waals surface area contributed by atoms with Crippen LogP contribution >= 0.6 is 23.4 Å². The summed E-state index contributed by atoms with van der Waals surface area (Å²) in [5.41, 5.74) is 5.43. The Hall–Kier alpha value is -2.41. The largest absolute Gasteiger partial charge is 0.289 e. The Morgan fingerprint density at radius 3 is 2.24 bits per heavy atom. The average Bonchev–Trinajstić information content (AvgIpc) is 2.77. The minimum Gasteiger partial charge on any atom is -0.289 e. The van der Waals surface area contributed by atoms with E-state index in [1.54, 1.807) is 17.2 Å². The maximum absolute atomic E-state index is 11.0. The van der Waals surface area contributed by atoms with Crippen molar-refractivity contribution in [2.45, 2.75) is 30.8 Å². The first kappa shape index (κ1) is 21.3. The summed E-state index contributed by atoms with van der Waals surface area (Å²) in [5.74, 6) is 0.517. The van der Waals surface area contributed by atoms with E-state index in [0.717, 1.165) is 52.7 Å². The summed E-state index contributed by atoms with van der Waals surface area (Å²) in [4.78, 5) is 20.5. The zero-order valence-corrected chi connectivity index (χ0v) is 17.4. The van der Waals surface area contributed by atoms with Gasteiger partial charge in [-0.25, -0.2) is 15.4 Å². The Balaban J connectivity index is 1.73. The first-order valence-electron chi connectivity index (χ1n) is 9.42. The monoisotopic (exact) mass is 427 g/mol. The van der Waals surface area contributed by atoms with Crippen LogP contribution in [0.2, 0.25) is 5.02 Å². The number of carbonyl (C=O) groups excluding carboxylic acids is 1. The lowest BCUT2D eigenvalue weighted by Gasteiger charge is -2.09. The van der Waals surface area contributed by atoms with Crippen molar-refractivity contribution in [1.82, 2.24) is 15.4 Å². The molecular weight excluding hydrogens is 406 g/mol. The Bertz CT molecular complexity index is 937. The molecule has 2 N–H and O–H groups in total.